The van der Waals surface area contributed by atoms with Crippen LogP contribution in [0.1, 0.15) is 38.5 Å². The number of fused-ring (bicyclic) bond motifs is 1. The maximum Gasteiger partial charge on any atom is 0.241 e. The predicted molar refractivity (Wildman–Crippen MR) is 74.9 cm³/mol. The van der Waals surface area contributed by atoms with Gasteiger partial charge in [-0.05, 0) is 43.0 Å². The van der Waals surface area contributed by atoms with Gasteiger partial charge in [0.2, 0.25) is 5.91 Å². The van der Waals surface area contributed by atoms with E-state index in [0.717, 1.165) is 18.0 Å². The second-order valence-electron chi connectivity index (χ2n) is 5.45. The van der Waals surface area contributed by atoms with E-state index in [-0.39, 0.29) is 11.9 Å². The molecule has 0 spiro atoms. The minimum absolute atomic E-state index is 0.00394. The van der Waals surface area contributed by atoms with Crippen LogP contribution in [0.15, 0.2) is 16.8 Å². The summed E-state index contributed by atoms with van der Waals surface area (Å²) in [5.74, 6) is 0.946. The number of thiophene rings is 1. The van der Waals surface area contributed by atoms with Gasteiger partial charge in [-0.25, -0.2) is 0 Å². The van der Waals surface area contributed by atoms with Crippen LogP contribution in [-0.2, 0) is 4.79 Å². The van der Waals surface area contributed by atoms with E-state index in [1.165, 1.54) is 32.1 Å². The minimum Gasteiger partial charge on any atom is -0.324 e. The third-order valence-electron chi connectivity index (χ3n) is 4.26. The Morgan fingerprint density at radius 3 is 3.00 bits per heavy atom. The van der Waals surface area contributed by atoms with Crippen molar-refractivity contribution in [1.82, 2.24) is 5.32 Å². The summed E-state index contributed by atoms with van der Waals surface area (Å²) >= 11 is 1.61. The fourth-order valence-corrected chi connectivity index (χ4v) is 3.85. The first-order valence-corrected chi connectivity index (χ1v) is 7.86. The highest BCUT2D eigenvalue weighted by Gasteiger charge is 2.34. The van der Waals surface area contributed by atoms with Gasteiger partial charge in [-0.2, -0.15) is 11.3 Å². The van der Waals surface area contributed by atoms with Crippen molar-refractivity contribution in [3.63, 3.8) is 0 Å². The van der Waals surface area contributed by atoms with Crippen LogP contribution < -0.4 is 10.6 Å². The zero-order valence-electron chi connectivity index (χ0n) is 10.5. The van der Waals surface area contributed by atoms with Gasteiger partial charge < -0.3 is 10.6 Å². The maximum atomic E-state index is 12.2. The summed E-state index contributed by atoms with van der Waals surface area (Å²) in [5, 5.41) is 10.5. The van der Waals surface area contributed by atoms with Crippen LogP contribution >= 0.6 is 11.3 Å². The van der Waals surface area contributed by atoms with E-state index >= 15 is 0 Å². The van der Waals surface area contributed by atoms with Crippen LogP contribution in [-0.4, -0.2) is 18.0 Å². The van der Waals surface area contributed by atoms with Gasteiger partial charge in [0.25, 0.3) is 0 Å². The standard InChI is InChI=1S/C14H20N2OS/c17-14(15-11-7-8-18-9-11)13-6-5-10-3-1-2-4-12(10)16-13/h7-10,12-13,16H,1-6H2,(H,15,17). The Morgan fingerprint density at radius 2 is 2.17 bits per heavy atom. The number of amides is 1. The Balaban J connectivity index is 1.58. The molecular formula is C14H20N2OS. The number of carbonyl (C=O) groups is 1. The van der Waals surface area contributed by atoms with E-state index in [2.05, 4.69) is 10.6 Å². The highest BCUT2D eigenvalue weighted by molar-refractivity contribution is 7.08. The molecule has 1 amide bonds. The molecule has 2 aliphatic rings. The molecule has 0 bridgehead atoms. The van der Waals surface area contributed by atoms with Crippen molar-refractivity contribution in [1.29, 1.82) is 0 Å². The van der Waals surface area contributed by atoms with Gasteiger partial charge in [0.15, 0.2) is 0 Å². The first-order chi connectivity index (χ1) is 8.83. The van der Waals surface area contributed by atoms with E-state index in [1.807, 2.05) is 16.8 Å². The number of hydrogen-bond acceptors (Lipinski definition) is 3. The van der Waals surface area contributed by atoms with E-state index in [1.54, 1.807) is 11.3 Å². The van der Waals surface area contributed by atoms with Gasteiger partial charge in [-0.15, -0.1) is 0 Å². The Labute approximate surface area is 112 Å². The fourth-order valence-electron chi connectivity index (χ4n) is 3.27. The Kier molecular flexibility index (Phi) is 3.66. The lowest BCUT2D eigenvalue weighted by molar-refractivity contribution is -0.119. The third-order valence-corrected chi connectivity index (χ3v) is 4.94. The normalized spacial score (nSPS) is 31.7. The van der Waals surface area contributed by atoms with Gasteiger partial charge in [-0.3, -0.25) is 4.79 Å². The highest BCUT2D eigenvalue weighted by Crippen LogP contribution is 2.32. The molecule has 98 valence electrons. The lowest BCUT2D eigenvalue weighted by atomic mass is 9.77. The van der Waals surface area contributed by atoms with Gasteiger partial charge in [0, 0.05) is 11.4 Å². The summed E-state index contributed by atoms with van der Waals surface area (Å²) in [5.41, 5.74) is 0.928. The van der Waals surface area contributed by atoms with Crippen molar-refractivity contribution in [3.05, 3.63) is 16.8 Å². The largest absolute Gasteiger partial charge is 0.324 e. The van der Waals surface area contributed by atoms with Crippen LogP contribution in [0.25, 0.3) is 0 Å². The van der Waals surface area contributed by atoms with Crippen molar-refractivity contribution in [2.24, 2.45) is 5.92 Å². The highest BCUT2D eigenvalue weighted by atomic mass is 32.1. The molecule has 3 nitrogen and oxygen atoms in total. The van der Waals surface area contributed by atoms with Crippen LogP contribution in [0.5, 0.6) is 0 Å². The first-order valence-electron chi connectivity index (χ1n) is 6.92. The van der Waals surface area contributed by atoms with Gasteiger partial charge >= 0.3 is 0 Å². The molecule has 0 radical (unpaired) electrons. The Morgan fingerprint density at radius 1 is 1.28 bits per heavy atom. The van der Waals surface area contributed by atoms with Crippen molar-refractivity contribution < 1.29 is 4.79 Å². The molecule has 2 fully saturated rings. The first kappa shape index (κ1) is 12.2. The molecule has 1 saturated heterocycles. The summed E-state index contributed by atoms with van der Waals surface area (Å²) in [7, 11) is 0. The zero-order valence-corrected chi connectivity index (χ0v) is 11.3. The van der Waals surface area contributed by atoms with Gasteiger partial charge in [0.05, 0.1) is 11.7 Å². The quantitative estimate of drug-likeness (QED) is 0.862. The molecule has 3 rings (SSSR count). The molecular weight excluding hydrogens is 244 g/mol. The van der Waals surface area contributed by atoms with Crippen LogP contribution in [0.2, 0.25) is 0 Å². The number of piperidine rings is 1. The molecule has 1 aromatic rings. The molecule has 1 saturated carbocycles. The lowest BCUT2D eigenvalue weighted by Gasteiger charge is -2.39. The molecule has 2 heterocycles. The molecule has 3 unspecified atom stereocenters. The molecule has 0 aromatic carbocycles. The number of hydrogen-bond donors (Lipinski definition) is 2. The van der Waals surface area contributed by atoms with E-state index in [9.17, 15) is 4.79 Å². The van der Waals surface area contributed by atoms with Gasteiger partial charge in [-0.1, -0.05) is 12.8 Å². The number of anilines is 1. The molecule has 1 aromatic heterocycles. The smallest absolute Gasteiger partial charge is 0.241 e. The van der Waals surface area contributed by atoms with Gasteiger partial charge in [0.1, 0.15) is 0 Å². The van der Waals surface area contributed by atoms with Crippen molar-refractivity contribution in [2.45, 2.75) is 50.6 Å². The second kappa shape index (κ2) is 5.41. The monoisotopic (exact) mass is 264 g/mol. The Hall–Kier alpha value is -0.870. The van der Waals surface area contributed by atoms with E-state index in [0.29, 0.717) is 6.04 Å². The van der Waals surface area contributed by atoms with Crippen LogP contribution in [0.3, 0.4) is 0 Å². The number of rotatable bonds is 2. The molecule has 1 aliphatic heterocycles. The van der Waals surface area contributed by atoms with E-state index in [4.69, 9.17) is 0 Å². The summed E-state index contributed by atoms with van der Waals surface area (Å²) < 4.78 is 0. The third kappa shape index (κ3) is 2.59. The topological polar surface area (TPSA) is 41.1 Å². The Bertz CT molecular complexity index is 404. The molecule has 2 N–H and O–H groups in total. The van der Waals surface area contributed by atoms with E-state index < -0.39 is 0 Å². The molecule has 4 heteroatoms. The minimum atomic E-state index is 0.00394. The van der Waals surface area contributed by atoms with Crippen molar-refractivity contribution in [3.8, 4) is 0 Å². The average molecular weight is 264 g/mol. The predicted octanol–water partition coefficient (Wildman–Crippen LogP) is 3.00. The maximum absolute atomic E-state index is 12.2. The summed E-state index contributed by atoms with van der Waals surface area (Å²) in [6, 6.07) is 2.53. The molecule has 3 atom stereocenters. The van der Waals surface area contributed by atoms with Crippen molar-refractivity contribution >= 4 is 22.9 Å². The zero-order chi connectivity index (χ0) is 12.4. The average Bonchev–Trinajstić information content (AvgIpc) is 2.91. The second-order valence-corrected chi connectivity index (χ2v) is 6.23. The number of nitrogens with one attached hydrogen (secondary N) is 2. The molecule has 1 aliphatic carbocycles. The van der Waals surface area contributed by atoms with Crippen LogP contribution in [0, 0.1) is 5.92 Å². The lowest BCUT2D eigenvalue weighted by Crippen LogP contribution is -2.53. The SMILES string of the molecule is O=C(Nc1ccsc1)C1CCC2CCCCC2N1. The van der Waals surface area contributed by atoms with Crippen LogP contribution in [0.4, 0.5) is 5.69 Å². The number of carbonyl (C=O) groups excluding carboxylic acids is 1. The summed E-state index contributed by atoms with van der Waals surface area (Å²) in [4.78, 5) is 12.2. The van der Waals surface area contributed by atoms with Crippen molar-refractivity contribution in [2.75, 3.05) is 5.32 Å². The molecule has 18 heavy (non-hydrogen) atoms. The fraction of sp³-hybridized carbons (Fsp3) is 0.643. The summed E-state index contributed by atoms with van der Waals surface area (Å²) in [6.45, 7) is 0. The summed E-state index contributed by atoms with van der Waals surface area (Å²) in [6.07, 6.45) is 7.46.